The van der Waals surface area contributed by atoms with Crippen molar-refractivity contribution in [2.24, 2.45) is 0 Å². The summed E-state index contributed by atoms with van der Waals surface area (Å²) in [6, 6.07) is 9.93. The molecule has 0 atom stereocenters. The highest BCUT2D eigenvalue weighted by Gasteiger charge is 2.30. The molecule has 3 aromatic rings. The molecule has 1 fully saturated rings. The van der Waals surface area contributed by atoms with Crippen molar-refractivity contribution < 1.29 is 13.2 Å². The number of rotatable bonds is 6. The highest BCUT2D eigenvalue weighted by atomic mass is 35.5. The molecule has 1 aliphatic heterocycles. The molecule has 1 N–H and O–H groups in total. The Labute approximate surface area is 207 Å². The summed E-state index contributed by atoms with van der Waals surface area (Å²) < 4.78 is 29.2. The Morgan fingerprint density at radius 1 is 1.00 bits per heavy atom. The van der Waals surface area contributed by atoms with Crippen molar-refractivity contribution in [3.05, 3.63) is 75.0 Å². The van der Waals surface area contributed by atoms with Crippen LogP contribution in [0, 0.1) is 0 Å². The van der Waals surface area contributed by atoms with E-state index in [4.69, 9.17) is 34.8 Å². The molecule has 1 aliphatic rings. The summed E-state index contributed by atoms with van der Waals surface area (Å²) in [7, 11) is -3.84. The number of hydrogen-bond donors (Lipinski definition) is 1. The van der Waals surface area contributed by atoms with Gasteiger partial charge in [0.1, 0.15) is 4.90 Å². The summed E-state index contributed by atoms with van der Waals surface area (Å²) in [5.74, 6) is -0.566. The van der Waals surface area contributed by atoms with E-state index in [2.05, 4.69) is 10.4 Å². The van der Waals surface area contributed by atoms with Crippen LogP contribution >= 0.6 is 34.8 Å². The molecule has 0 bridgehead atoms. The van der Waals surface area contributed by atoms with E-state index in [1.165, 1.54) is 22.6 Å². The van der Waals surface area contributed by atoms with Gasteiger partial charge < -0.3 is 5.32 Å². The molecule has 2 aromatic carbocycles. The number of anilines is 1. The molecule has 1 aromatic heterocycles. The Morgan fingerprint density at radius 3 is 2.45 bits per heavy atom. The molecule has 0 aliphatic carbocycles. The monoisotopic (exact) mass is 526 g/mol. The smallest absolute Gasteiger partial charge is 0.257 e. The van der Waals surface area contributed by atoms with Gasteiger partial charge in [-0.3, -0.25) is 9.48 Å². The Balaban J connectivity index is 1.55. The Bertz CT molecular complexity index is 1290. The van der Waals surface area contributed by atoms with Crippen LogP contribution in [-0.4, -0.2) is 41.5 Å². The van der Waals surface area contributed by atoms with Crippen LogP contribution in [0.15, 0.2) is 53.7 Å². The molecular formula is C22H21Cl3N4O3S. The first-order valence-electron chi connectivity index (χ1n) is 10.3. The lowest BCUT2D eigenvalue weighted by Crippen LogP contribution is -2.35. The van der Waals surface area contributed by atoms with Gasteiger partial charge in [0.15, 0.2) is 0 Å². The van der Waals surface area contributed by atoms with Crippen molar-refractivity contribution in [3.63, 3.8) is 0 Å². The van der Waals surface area contributed by atoms with E-state index in [9.17, 15) is 13.2 Å². The quantitative estimate of drug-likeness (QED) is 0.470. The molecular weight excluding hydrogens is 507 g/mol. The van der Waals surface area contributed by atoms with Crippen LogP contribution in [0.2, 0.25) is 15.1 Å². The molecule has 0 unspecified atom stereocenters. The molecule has 4 rings (SSSR count). The highest BCUT2D eigenvalue weighted by Crippen LogP contribution is 2.32. The second-order valence-corrected chi connectivity index (χ2v) is 10.8. The maximum absolute atomic E-state index is 13.1. The van der Waals surface area contributed by atoms with Gasteiger partial charge >= 0.3 is 0 Å². The normalized spacial score (nSPS) is 14.9. The summed E-state index contributed by atoms with van der Waals surface area (Å²) in [6.07, 6.45) is 5.70. The third kappa shape index (κ3) is 5.36. The molecule has 1 amide bonds. The first kappa shape index (κ1) is 24.0. The minimum Gasteiger partial charge on any atom is -0.319 e. The van der Waals surface area contributed by atoms with Gasteiger partial charge in [-0.2, -0.15) is 9.40 Å². The van der Waals surface area contributed by atoms with Gasteiger partial charge in [-0.25, -0.2) is 8.42 Å². The second-order valence-electron chi connectivity index (χ2n) is 7.70. The van der Waals surface area contributed by atoms with Crippen molar-refractivity contribution in [1.29, 1.82) is 0 Å². The maximum atomic E-state index is 13.1. The lowest BCUT2D eigenvalue weighted by Gasteiger charge is -2.26. The molecule has 33 heavy (non-hydrogen) atoms. The number of piperidine rings is 1. The molecule has 0 spiro atoms. The number of carbonyl (C=O) groups is 1. The van der Waals surface area contributed by atoms with Crippen LogP contribution in [0.3, 0.4) is 0 Å². The lowest BCUT2D eigenvalue weighted by molar-refractivity contribution is 0.102. The number of halogens is 3. The van der Waals surface area contributed by atoms with Gasteiger partial charge in [-0.15, -0.1) is 0 Å². The highest BCUT2D eigenvalue weighted by molar-refractivity contribution is 7.89. The maximum Gasteiger partial charge on any atom is 0.257 e. The zero-order valence-electron chi connectivity index (χ0n) is 17.5. The largest absolute Gasteiger partial charge is 0.319 e. The van der Waals surface area contributed by atoms with Gasteiger partial charge in [-0.05, 0) is 36.6 Å². The predicted molar refractivity (Wildman–Crippen MR) is 130 cm³/mol. The zero-order valence-corrected chi connectivity index (χ0v) is 20.6. The van der Waals surface area contributed by atoms with Crippen LogP contribution in [-0.2, 0) is 16.6 Å². The van der Waals surface area contributed by atoms with Crippen LogP contribution in [0.4, 0.5) is 5.69 Å². The minimum atomic E-state index is -3.84. The summed E-state index contributed by atoms with van der Waals surface area (Å²) in [5.41, 5.74) is 1.32. The van der Waals surface area contributed by atoms with Crippen LogP contribution < -0.4 is 5.32 Å². The molecule has 11 heteroatoms. The fraction of sp³-hybridized carbons (Fsp3) is 0.273. The molecule has 2 heterocycles. The fourth-order valence-corrected chi connectivity index (χ4v) is 6.21. The van der Waals surface area contributed by atoms with Crippen LogP contribution in [0.25, 0.3) is 0 Å². The van der Waals surface area contributed by atoms with E-state index in [-0.39, 0.29) is 20.5 Å². The van der Waals surface area contributed by atoms with Crippen LogP contribution in [0.5, 0.6) is 0 Å². The van der Waals surface area contributed by atoms with Gasteiger partial charge in [0.25, 0.3) is 5.91 Å². The first-order valence-corrected chi connectivity index (χ1v) is 12.9. The Kier molecular flexibility index (Phi) is 7.31. The number of amides is 1. The number of hydrogen-bond acceptors (Lipinski definition) is 4. The fourth-order valence-electron chi connectivity index (χ4n) is 3.66. The average molecular weight is 528 g/mol. The first-order chi connectivity index (χ1) is 15.8. The summed E-state index contributed by atoms with van der Waals surface area (Å²) in [6.45, 7) is 1.27. The van der Waals surface area contributed by atoms with Gasteiger partial charge in [-0.1, -0.05) is 59.4 Å². The van der Waals surface area contributed by atoms with Crippen molar-refractivity contribution in [2.45, 2.75) is 30.7 Å². The van der Waals surface area contributed by atoms with E-state index >= 15 is 0 Å². The van der Waals surface area contributed by atoms with E-state index in [0.29, 0.717) is 30.3 Å². The predicted octanol–water partition coefficient (Wildman–Crippen LogP) is 5.32. The SMILES string of the molecule is O=C(Nc1cnn(Cc2ccccc2Cl)c1)c1cc(S(=O)(=O)N2CCCCC2)c(Cl)cc1Cl. The second kappa shape index (κ2) is 10.0. The van der Waals surface area contributed by atoms with Gasteiger partial charge in [0.05, 0.1) is 34.0 Å². The Hall–Kier alpha value is -2.10. The number of aromatic nitrogens is 2. The summed E-state index contributed by atoms with van der Waals surface area (Å²) in [4.78, 5) is 12.8. The topological polar surface area (TPSA) is 84.3 Å². The van der Waals surface area contributed by atoms with Crippen LogP contribution in [0.1, 0.15) is 35.2 Å². The number of sulfonamides is 1. The van der Waals surface area contributed by atoms with Crippen molar-refractivity contribution in [3.8, 4) is 0 Å². The summed E-state index contributed by atoms with van der Waals surface area (Å²) >= 11 is 18.7. The molecule has 174 valence electrons. The van der Waals surface area contributed by atoms with Crippen molar-refractivity contribution in [2.75, 3.05) is 18.4 Å². The summed E-state index contributed by atoms with van der Waals surface area (Å²) in [5, 5.41) is 7.60. The van der Waals surface area contributed by atoms with E-state index < -0.39 is 15.9 Å². The molecule has 7 nitrogen and oxygen atoms in total. The van der Waals surface area contributed by atoms with Crippen molar-refractivity contribution >= 4 is 56.4 Å². The van der Waals surface area contributed by atoms with Gasteiger partial charge in [0, 0.05) is 24.3 Å². The third-order valence-electron chi connectivity index (χ3n) is 5.38. The lowest BCUT2D eigenvalue weighted by atomic mass is 10.2. The number of carbonyl (C=O) groups excluding carboxylic acids is 1. The zero-order chi connectivity index (χ0) is 23.6. The number of benzene rings is 2. The third-order valence-corrected chi connectivity index (χ3v) is 8.43. The standard InChI is InChI=1S/C22H21Cl3N4O3S/c23-18-7-3-2-6-15(18)13-28-14-16(12-26-28)27-22(30)17-10-21(20(25)11-19(17)24)33(31,32)29-8-4-1-5-9-29/h2-3,6-7,10-12,14H,1,4-5,8-9,13H2,(H,27,30). The van der Waals surface area contributed by atoms with Gasteiger partial charge in [0.2, 0.25) is 10.0 Å². The molecule has 0 radical (unpaired) electrons. The van der Waals surface area contributed by atoms with E-state index in [1.54, 1.807) is 16.9 Å². The minimum absolute atomic E-state index is 0.00973. The Morgan fingerprint density at radius 2 is 1.73 bits per heavy atom. The van der Waals surface area contributed by atoms with E-state index in [0.717, 1.165) is 24.8 Å². The van der Waals surface area contributed by atoms with E-state index in [1.807, 2.05) is 18.2 Å². The van der Waals surface area contributed by atoms with Crippen molar-refractivity contribution in [1.82, 2.24) is 14.1 Å². The average Bonchev–Trinajstić information content (AvgIpc) is 3.22. The number of nitrogens with one attached hydrogen (secondary N) is 1. The molecule has 1 saturated heterocycles. The molecule has 0 saturated carbocycles. The number of nitrogens with zero attached hydrogens (tertiary/aromatic N) is 3.